The highest BCUT2D eigenvalue weighted by molar-refractivity contribution is 7.99. The van der Waals surface area contributed by atoms with Gasteiger partial charge in [0.25, 0.3) is 0 Å². The number of nitrogen functional groups attached to an aromatic ring is 1. The topological polar surface area (TPSA) is 103 Å². The molecule has 0 saturated heterocycles. The highest BCUT2D eigenvalue weighted by Crippen LogP contribution is 2.22. The molecule has 0 aliphatic heterocycles. The SMILES string of the molecule is CCCOc1nc(N)nc(Sc2ncc[nH]2)n1. The van der Waals surface area contributed by atoms with Gasteiger partial charge in [-0.1, -0.05) is 6.92 Å². The van der Waals surface area contributed by atoms with Gasteiger partial charge in [0.2, 0.25) is 11.1 Å². The van der Waals surface area contributed by atoms with E-state index in [0.717, 1.165) is 6.42 Å². The fraction of sp³-hybridized carbons (Fsp3) is 0.333. The monoisotopic (exact) mass is 252 g/mol. The third-order valence-corrected chi connectivity index (χ3v) is 2.49. The first-order chi connectivity index (χ1) is 8.28. The van der Waals surface area contributed by atoms with Crippen molar-refractivity contribution >= 4 is 17.7 Å². The number of aromatic nitrogens is 5. The molecule has 0 aliphatic rings. The summed E-state index contributed by atoms with van der Waals surface area (Å²) >= 11 is 1.27. The van der Waals surface area contributed by atoms with Crippen molar-refractivity contribution in [3.8, 4) is 6.01 Å². The van der Waals surface area contributed by atoms with Gasteiger partial charge in [0.15, 0.2) is 5.16 Å². The van der Waals surface area contributed by atoms with E-state index < -0.39 is 0 Å². The zero-order valence-electron chi connectivity index (χ0n) is 9.25. The number of nitrogens with one attached hydrogen (secondary N) is 1. The third kappa shape index (κ3) is 3.31. The zero-order chi connectivity index (χ0) is 12.1. The Bertz CT molecular complexity index is 474. The highest BCUT2D eigenvalue weighted by Gasteiger charge is 2.08. The fourth-order valence-corrected chi connectivity index (χ4v) is 1.73. The Labute approximate surface area is 102 Å². The number of H-pyrrole nitrogens is 1. The molecule has 8 heteroatoms. The maximum Gasteiger partial charge on any atom is 0.322 e. The summed E-state index contributed by atoms with van der Waals surface area (Å²) in [5, 5.41) is 1.15. The Morgan fingerprint density at radius 1 is 1.41 bits per heavy atom. The van der Waals surface area contributed by atoms with Gasteiger partial charge in [-0.3, -0.25) is 0 Å². The second-order valence-corrected chi connectivity index (χ2v) is 4.06. The van der Waals surface area contributed by atoms with Crippen molar-refractivity contribution in [3.05, 3.63) is 12.4 Å². The molecule has 2 aromatic rings. The van der Waals surface area contributed by atoms with Gasteiger partial charge < -0.3 is 15.5 Å². The molecule has 0 saturated carbocycles. The molecule has 0 aliphatic carbocycles. The van der Waals surface area contributed by atoms with Gasteiger partial charge in [-0.2, -0.15) is 15.0 Å². The number of rotatable bonds is 5. The number of hydrogen-bond acceptors (Lipinski definition) is 7. The van der Waals surface area contributed by atoms with Gasteiger partial charge in [-0.25, -0.2) is 4.98 Å². The number of aromatic amines is 1. The molecule has 0 fully saturated rings. The van der Waals surface area contributed by atoms with E-state index in [9.17, 15) is 0 Å². The molecular weight excluding hydrogens is 240 g/mol. The summed E-state index contributed by atoms with van der Waals surface area (Å²) in [5.41, 5.74) is 5.57. The highest BCUT2D eigenvalue weighted by atomic mass is 32.2. The van der Waals surface area contributed by atoms with Crippen LogP contribution in [0.5, 0.6) is 6.01 Å². The van der Waals surface area contributed by atoms with E-state index in [0.29, 0.717) is 16.9 Å². The first kappa shape index (κ1) is 11.6. The second-order valence-electron chi connectivity index (χ2n) is 3.10. The standard InChI is InChI=1S/C9H12N6OS/c1-2-5-16-7-13-6(10)14-9(15-7)17-8-11-3-4-12-8/h3-4H,2,5H2,1H3,(H,11,12)(H2,10,13,14,15). The van der Waals surface area contributed by atoms with E-state index in [-0.39, 0.29) is 12.0 Å². The molecule has 2 aromatic heterocycles. The second kappa shape index (κ2) is 5.48. The molecule has 0 unspecified atom stereocenters. The van der Waals surface area contributed by atoms with Crippen molar-refractivity contribution < 1.29 is 4.74 Å². The zero-order valence-corrected chi connectivity index (χ0v) is 10.1. The summed E-state index contributed by atoms with van der Waals surface area (Å²) in [7, 11) is 0. The van der Waals surface area contributed by atoms with Crippen LogP contribution in [0.4, 0.5) is 5.95 Å². The van der Waals surface area contributed by atoms with Crippen LogP contribution < -0.4 is 10.5 Å². The minimum atomic E-state index is 0.139. The lowest BCUT2D eigenvalue weighted by atomic mass is 10.5. The van der Waals surface area contributed by atoms with Crippen LogP contribution >= 0.6 is 11.8 Å². The normalized spacial score (nSPS) is 10.4. The largest absolute Gasteiger partial charge is 0.463 e. The smallest absolute Gasteiger partial charge is 0.322 e. The molecule has 0 aromatic carbocycles. The number of nitrogens with two attached hydrogens (primary N) is 1. The van der Waals surface area contributed by atoms with Crippen LogP contribution in [-0.2, 0) is 0 Å². The van der Waals surface area contributed by atoms with E-state index in [1.54, 1.807) is 12.4 Å². The molecule has 0 amide bonds. The van der Waals surface area contributed by atoms with Crippen LogP contribution in [0.1, 0.15) is 13.3 Å². The fourth-order valence-electron chi connectivity index (χ4n) is 1.05. The number of nitrogens with zero attached hydrogens (tertiary/aromatic N) is 4. The molecular formula is C9H12N6OS. The number of imidazole rings is 1. The minimum absolute atomic E-state index is 0.139. The summed E-state index contributed by atoms with van der Waals surface area (Å²) in [6, 6.07) is 0.244. The lowest BCUT2D eigenvalue weighted by Crippen LogP contribution is -2.05. The van der Waals surface area contributed by atoms with Crippen molar-refractivity contribution in [2.75, 3.05) is 12.3 Å². The number of anilines is 1. The molecule has 0 radical (unpaired) electrons. The summed E-state index contributed by atoms with van der Waals surface area (Å²) in [4.78, 5) is 19.0. The van der Waals surface area contributed by atoms with Crippen LogP contribution in [0.3, 0.4) is 0 Å². The van der Waals surface area contributed by atoms with E-state index in [4.69, 9.17) is 10.5 Å². The molecule has 2 rings (SSSR count). The van der Waals surface area contributed by atoms with Crippen LogP contribution in [0, 0.1) is 0 Å². The molecule has 0 bridgehead atoms. The molecule has 90 valence electrons. The van der Waals surface area contributed by atoms with Gasteiger partial charge >= 0.3 is 6.01 Å². The Morgan fingerprint density at radius 3 is 3.00 bits per heavy atom. The minimum Gasteiger partial charge on any atom is -0.463 e. The average Bonchev–Trinajstić information content (AvgIpc) is 2.78. The molecule has 17 heavy (non-hydrogen) atoms. The summed E-state index contributed by atoms with van der Waals surface area (Å²) in [6.45, 7) is 2.55. The van der Waals surface area contributed by atoms with E-state index in [2.05, 4.69) is 24.9 Å². The Balaban J connectivity index is 2.13. The van der Waals surface area contributed by atoms with Gasteiger partial charge in [-0.15, -0.1) is 0 Å². The first-order valence-electron chi connectivity index (χ1n) is 5.09. The average molecular weight is 252 g/mol. The van der Waals surface area contributed by atoms with Gasteiger partial charge in [0.05, 0.1) is 6.61 Å². The third-order valence-electron chi connectivity index (χ3n) is 1.71. The van der Waals surface area contributed by atoms with Crippen molar-refractivity contribution in [2.45, 2.75) is 23.7 Å². The first-order valence-corrected chi connectivity index (χ1v) is 5.91. The molecule has 2 heterocycles. The quantitative estimate of drug-likeness (QED) is 0.821. The Morgan fingerprint density at radius 2 is 2.29 bits per heavy atom. The van der Waals surface area contributed by atoms with Crippen molar-refractivity contribution in [3.63, 3.8) is 0 Å². The summed E-state index contributed by atoms with van der Waals surface area (Å²) < 4.78 is 5.31. The van der Waals surface area contributed by atoms with Crippen molar-refractivity contribution in [1.29, 1.82) is 0 Å². The molecule has 3 N–H and O–H groups in total. The lowest BCUT2D eigenvalue weighted by molar-refractivity contribution is 0.288. The molecule has 0 spiro atoms. The van der Waals surface area contributed by atoms with E-state index in [1.165, 1.54) is 11.8 Å². The van der Waals surface area contributed by atoms with Gasteiger partial charge in [0, 0.05) is 12.4 Å². The van der Waals surface area contributed by atoms with Crippen LogP contribution in [0.25, 0.3) is 0 Å². The van der Waals surface area contributed by atoms with Gasteiger partial charge in [0.1, 0.15) is 0 Å². The Hall–Kier alpha value is -1.83. The van der Waals surface area contributed by atoms with Crippen molar-refractivity contribution in [1.82, 2.24) is 24.9 Å². The predicted octanol–water partition coefficient (Wildman–Crippen LogP) is 1.12. The number of ether oxygens (including phenoxy) is 1. The number of hydrogen-bond donors (Lipinski definition) is 2. The molecule has 0 atom stereocenters. The maximum absolute atomic E-state index is 5.57. The lowest BCUT2D eigenvalue weighted by Gasteiger charge is -2.04. The maximum atomic E-state index is 5.57. The van der Waals surface area contributed by atoms with Crippen LogP contribution in [-0.4, -0.2) is 31.5 Å². The Kier molecular flexibility index (Phi) is 3.76. The van der Waals surface area contributed by atoms with Crippen molar-refractivity contribution in [2.24, 2.45) is 0 Å². The molecule has 7 nitrogen and oxygen atoms in total. The van der Waals surface area contributed by atoms with E-state index >= 15 is 0 Å². The van der Waals surface area contributed by atoms with Crippen LogP contribution in [0.15, 0.2) is 22.7 Å². The summed E-state index contributed by atoms with van der Waals surface area (Å²) in [6.07, 6.45) is 4.26. The van der Waals surface area contributed by atoms with E-state index in [1.807, 2.05) is 6.92 Å². The van der Waals surface area contributed by atoms with Gasteiger partial charge in [-0.05, 0) is 18.2 Å². The summed E-state index contributed by atoms with van der Waals surface area (Å²) in [5.74, 6) is 0.139. The van der Waals surface area contributed by atoms with Crippen LogP contribution in [0.2, 0.25) is 0 Å². The predicted molar refractivity (Wildman–Crippen MR) is 62.7 cm³/mol.